The summed E-state index contributed by atoms with van der Waals surface area (Å²) in [6.45, 7) is 0.190. The molecule has 4 aliphatic rings. The van der Waals surface area contributed by atoms with E-state index in [1.807, 2.05) is 36.4 Å². The van der Waals surface area contributed by atoms with E-state index in [1.54, 1.807) is 36.4 Å². The van der Waals surface area contributed by atoms with Crippen molar-refractivity contribution in [2.45, 2.75) is 49.9 Å². The van der Waals surface area contributed by atoms with E-state index in [4.69, 9.17) is 21.4 Å². The van der Waals surface area contributed by atoms with Crippen molar-refractivity contribution in [3.05, 3.63) is 99.0 Å². The van der Waals surface area contributed by atoms with Gasteiger partial charge in [0.2, 0.25) is 23.6 Å². The Labute approximate surface area is 308 Å². The molecule has 0 bridgehead atoms. The summed E-state index contributed by atoms with van der Waals surface area (Å²) in [5.74, 6) is -5.89. The molecule has 12 heteroatoms. The van der Waals surface area contributed by atoms with Crippen LogP contribution in [-0.2, 0) is 29.4 Å². The molecule has 3 fully saturated rings. The number of phenolic OH excluding ortho intramolecular Hbond substituents is 1. The molecular weight excluding hydrogens is 740 g/mol. The highest BCUT2D eigenvalue weighted by Gasteiger charge is 2.70. The standard InChI is InChI=1S/C39H36BrClN2O8/c1-51-30-18-21(17-29(40)34(30)46)33-25-14-15-26-32(37(49)42(35(26)47)16-7-3-6-13-31(44)45)27(25)20-28-36(48)43(24-12-8-11-23(41)19-24)38(50)39(28,33)22-9-4-2-5-10-22/h2,4-5,8-12,14,17-19,26-28,32-33,46H,3,6-7,13,15-16,20H2,1H3,(H,44,45). The Morgan fingerprint density at radius 1 is 0.961 bits per heavy atom. The van der Waals surface area contributed by atoms with Crippen molar-refractivity contribution >= 4 is 62.8 Å². The molecule has 10 nitrogen and oxygen atoms in total. The number of aliphatic carboxylic acids is 1. The second-order valence-corrected chi connectivity index (χ2v) is 15.0. The molecule has 2 aliphatic carbocycles. The lowest BCUT2D eigenvalue weighted by atomic mass is 9.49. The number of fused-ring (bicyclic) bond motifs is 4. The zero-order valence-electron chi connectivity index (χ0n) is 27.8. The Hall–Kier alpha value is -4.48. The van der Waals surface area contributed by atoms with Gasteiger partial charge in [0.15, 0.2) is 11.5 Å². The lowest BCUT2D eigenvalue weighted by Gasteiger charge is -2.50. The van der Waals surface area contributed by atoms with E-state index in [-0.39, 0.29) is 49.1 Å². The summed E-state index contributed by atoms with van der Waals surface area (Å²) >= 11 is 9.85. The second kappa shape index (κ2) is 13.6. The minimum atomic E-state index is -1.47. The number of aromatic hydroxyl groups is 1. The molecule has 4 amide bonds. The molecule has 0 radical (unpaired) electrons. The van der Waals surface area contributed by atoms with Crippen LogP contribution in [0.15, 0.2) is 82.9 Å². The van der Waals surface area contributed by atoms with Crippen LogP contribution in [0.1, 0.15) is 55.6 Å². The summed E-state index contributed by atoms with van der Waals surface area (Å²) < 4.78 is 5.89. The smallest absolute Gasteiger partial charge is 0.303 e. The van der Waals surface area contributed by atoms with Gasteiger partial charge in [0, 0.05) is 23.9 Å². The van der Waals surface area contributed by atoms with E-state index in [1.165, 1.54) is 16.9 Å². The number of carboxylic acids is 1. The summed E-state index contributed by atoms with van der Waals surface area (Å²) in [5.41, 5.74) is 0.883. The molecule has 3 aromatic carbocycles. The lowest BCUT2D eigenvalue weighted by molar-refractivity contribution is -0.141. The highest BCUT2D eigenvalue weighted by molar-refractivity contribution is 9.10. The summed E-state index contributed by atoms with van der Waals surface area (Å²) in [7, 11) is 1.43. The Kier molecular flexibility index (Phi) is 9.30. The summed E-state index contributed by atoms with van der Waals surface area (Å²) in [6, 6.07) is 19.2. The summed E-state index contributed by atoms with van der Waals surface area (Å²) in [6.07, 6.45) is 3.92. The van der Waals surface area contributed by atoms with Gasteiger partial charge in [-0.05, 0) is 89.0 Å². The number of ether oxygens (including phenoxy) is 1. The van der Waals surface area contributed by atoms with Crippen molar-refractivity contribution < 1.29 is 38.9 Å². The number of unbranched alkanes of at least 4 members (excludes halogenated alkanes) is 2. The van der Waals surface area contributed by atoms with Crippen LogP contribution in [0.25, 0.3) is 0 Å². The molecule has 2 N–H and O–H groups in total. The molecule has 0 spiro atoms. The maximum Gasteiger partial charge on any atom is 0.303 e. The summed E-state index contributed by atoms with van der Waals surface area (Å²) in [5, 5.41) is 20.2. The van der Waals surface area contributed by atoms with Crippen LogP contribution in [0.4, 0.5) is 5.69 Å². The third kappa shape index (κ3) is 5.56. The summed E-state index contributed by atoms with van der Waals surface area (Å²) in [4.78, 5) is 71.8. The number of methoxy groups -OCH3 is 1. The molecule has 2 aliphatic heterocycles. The fourth-order valence-corrected chi connectivity index (χ4v) is 9.69. The van der Waals surface area contributed by atoms with E-state index in [0.717, 1.165) is 5.57 Å². The molecule has 2 saturated heterocycles. The number of nitrogens with zero attached hydrogens (tertiary/aromatic N) is 2. The Morgan fingerprint density at radius 2 is 1.73 bits per heavy atom. The molecule has 51 heavy (non-hydrogen) atoms. The molecule has 2 heterocycles. The number of hydrogen-bond acceptors (Lipinski definition) is 7. The van der Waals surface area contributed by atoms with E-state index in [9.17, 15) is 24.3 Å². The van der Waals surface area contributed by atoms with Gasteiger partial charge in [-0.1, -0.05) is 66.1 Å². The van der Waals surface area contributed by atoms with Crippen molar-refractivity contribution in [2.24, 2.45) is 23.7 Å². The Balaban J connectivity index is 1.39. The van der Waals surface area contributed by atoms with E-state index < -0.39 is 52.8 Å². The zero-order chi connectivity index (χ0) is 36.2. The monoisotopic (exact) mass is 774 g/mol. The van der Waals surface area contributed by atoms with Crippen LogP contribution >= 0.6 is 27.5 Å². The number of carboxylic acid groups (broad SMARTS) is 1. The number of hydrogen-bond donors (Lipinski definition) is 2. The van der Waals surface area contributed by atoms with Crippen LogP contribution in [0.3, 0.4) is 0 Å². The normalized spacial score (nSPS) is 26.9. The Bertz CT molecular complexity index is 1980. The Morgan fingerprint density at radius 3 is 2.43 bits per heavy atom. The first-order chi connectivity index (χ1) is 24.5. The first-order valence-electron chi connectivity index (χ1n) is 17.0. The minimum Gasteiger partial charge on any atom is -0.503 e. The minimum absolute atomic E-state index is 0.0194. The van der Waals surface area contributed by atoms with Gasteiger partial charge in [0.1, 0.15) is 0 Å². The molecule has 7 rings (SSSR count). The highest BCUT2D eigenvalue weighted by atomic mass is 79.9. The maximum atomic E-state index is 15.3. The average Bonchev–Trinajstić information content (AvgIpc) is 3.49. The molecule has 1 saturated carbocycles. The van der Waals surface area contributed by atoms with Crippen molar-refractivity contribution in [1.29, 1.82) is 0 Å². The van der Waals surface area contributed by atoms with Gasteiger partial charge in [-0.2, -0.15) is 0 Å². The average molecular weight is 776 g/mol. The zero-order valence-corrected chi connectivity index (χ0v) is 30.1. The van der Waals surface area contributed by atoms with Crippen LogP contribution in [0.2, 0.25) is 5.02 Å². The largest absolute Gasteiger partial charge is 0.503 e. The fourth-order valence-electron chi connectivity index (χ4n) is 9.04. The predicted octanol–water partition coefficient (Wildman–Crippen LogP) is 6.62. The number of halogens is 2. The lowest BCUT2D eigenvalue weighted by Crippen LogP contribution is -2.53. The number of anilines is 1. The fraction of sp³-hybridized carbons (Fsp3) is 0.359. The van der Waals surface area contributed by atoms with E-state index in [0.29, 0.717) is 45.6 Å². The molecule has 0 aromatic heterocycles. The number of carbonyl (C=O) groups excluding carboxylic acids is 4. The van der Waals surface area contributed by atoms with Gasteiger partial charge in [-0.15, -0.1) is 0 Å². The number of likely N-dealkylation sites (tertiary alicyclic amines) is 1. The van der Waals surface area contributed by atoms with Gasteiger partial charge < -0.3 is 14.9 Å². The first kappa shape index (κ1) is 34.9. The van der Waals surface area contributed by atoms with Gasteiger partial charge >= 0.3 is 5.97 Å². The third-order valence-electron chi connectivity index (χ3n) is 11.1. The number of phenols is 1. The van der Waals surface area contributed by atoms with Crippen LogP contribution in [-0.4, -0.2) is 58.4 Å². The number of imide groups is 2. The SMILES string of the molecule is COc1cc(C2C3=CCC4C(=O)N(CCCCCC(=O)O)C(=O)C4C3CC3C(=O)N(c4cccc(Cl)c4)C(=O)C32c2ccccc2)cc(Br)c1O. The van der Waals surface area contributed by atoms with E-state index >= 15 is 4.79 Å². The van der Waals surface area contributed by atoms with Crippen molar-refractivity contribution in [3.8, 4) is 11.5 Å². The van der Waals surface area contributed by atoms with Crippen molar-refractivity contribution in [2.75, 3.05) is 18.6 Å². The molecule has 6 atom stereocenters. The quantitative estimate of drug-likeness (QED) is 0.133. The van der Waals surface area contributed by atoms with Crippen molar-refractivity contribution in [1.82, 2.24) is 4.90 Å². The number of amides is 4. The van der Waals surface area contributed by atoms with E-state index in [2.05, 4.69) is 15.9 Å². The number of benzene rings is 3. The van der Waals surface area contributed by atoms with Gasteiger partial charge in [0.25, 0.3) is 0 Å². The van der Waals surface area contributed by atoms with Gasteiger partial charge in [-0.25, -0.2) is 4.90 Å². The topological polar surface area (TPSA) is 142 Å². The van der Waals surface area contributed by atoms with Crippen LogP contribution in [0, 0.1) is 23.7 Å². The van der Waals surface area contributed by atoms with Crippen LogP contribution < -0.4 is 9.64 Å². The first-order valence-corrected chi connectivity index (χ1v) is 18.2. The maximum absolute atomic E-state index is 15.3. The van der Waals surface area contributed by atoms with Crippen LogP contribution in [0.5, 0.6) is 11.5 Å². The van der Waals surface area contributed by atoms with Gasteiger partial charge in [0.05, 0.1) is 40.4 Å². The van der Waals surface area contributed by atoms with Gasteiger partial charge in [-0.3, -0.25) is 28.9 Å². The molecular formula is C39H36BrClN2O8. The van der Waals surface area contributed by atoms with Crippen molar-refractivity contribution in [3.63, 3.8) is 0 Å². The second-order valence-electron chi connectivity index (χ2n) is 13.7. The molecule has 6 unspecified atom stereocenters. The predicted molar refractivity (Wildman–Crippen MR) is 191 cm³/mol. The molecule has 3 aromatic rings. The number of carbonyl (C=O) groups is 5. The number of allylic oxidation sites excluding steroid dienone is 2. The third-order valence-corrected chi connectivity index (χ3v) is 12.0. The molecule has 264 valence electrons. The number of rotatable bonds is 10. The highest BCUT2D eigenvalue weighted by Crippen LogP contribution is 2.65.